The summed E-state index contributed by atoms with van der Waals surface area (Å²) in [6, 6.07) is 7.82. The highest BCUT2D eigenvalue weighted by atomic mass is 79.9. The second kappa shape index (κ2) is 4.23. The average Bonchev–Trinajstić information content (AvgIpc) is 2.13. The molecule has 1 aromatic rings. The number of carbonyl (C=O) groups is 1. The molecule has 0 amide bonds. The number of carboxylic acid groups (broad SMARTS) is 1. The molecule has 0 aliphatic heterocycles. The first-order valence-electron chi connectivity index (χ1n) is 4.92. The predicted molar refractivity (Wildman–Crippen MR) is 61.9 cm³/mol. The number of hydrogen-bond acceptors (Lipinski definition) is 2. The Morgan fingerprint density at radius 1 is 1.40 bits per heavy atom. The molecular weight excluding hydrogens is 258 g/mol. The van der Waals surface area contributed by atoms with Gasteiger partial charge in [-0.2, -0.15) is 0 Å². The van der Waals surface area contributed by atoms with Gasteiger partial charge in [-0.15, -0.1) is 0 Å². The molecule has 2 unspecified atom stereocenters. The second-order valence-electron chi connectivity index (χ2n) is 3.75. The minimum absolute atomic E-state index is 0.0706. The standard InChI is InChI=1S/C11H12BrNO2/c12-8-3-1-2-4-10(8)13-9-6-5-7(9)11(14)15/h1-4,7,9,13H,5-6H2,(H,14,15). The van der Waals surface area contributed by atoms with Crippen molar-refractivity contribution >= 4 is 27.6 Å². The Bertz CT molecular complexity index is 381. The van der Waals surface area contributed by atoms with Crippen LogP contribution in [0.15, 0.2) is 28.7 Å². The Hall–Kier alpha value is -1.03. The van der Waals surface area contributed by atoms with Crippen molar-refractivity contribution in [3.63, 3.8) is 0 Å². The zero-order valence-electron chi connectivity index (χ0n) is 8.11. The summed E-state index contributed by atoms with van der Waals surface area (Å²) in [5.74, 6) is -0.942. The first kappa shape index (κ1) is 10.5. The fraction of sp³-hybridized carbons (Fsp3) is 0.364. The number of nitrogens with one attached hydrogen (secondary N) is 1. The SMILES string of the molecule is O=C(O)C1CCC1Nc1ccccc1Br. The average molecular weight is 270 g/mol. The maximum absolute atomic E-state index is 10.8. The lowest BCUT2D eigenvalue weighted by molar-refractivity contribution is -0.144. The van der Waals surface area contributed by atoms with E-state index in [4.69, 9.17) is 5.11 Å². The third-order valence-corrected chi connectivity index (χ3v) is 3.50. The molecule has 80 valence electrons. The summed E-state index contributed by atoms with van der Waals surface area (Å²) >= 11 is 3.43. The van der Waals surface area contributed by atoms with Crippen molar-refractivity contribution in [3.05, 3.63) is 28.7 Å². The van der Waals surface area contributed by atoms with E-state index in [0.29, 0.717) is 0 Å². The van der Waals surface area contributed by atoms with Gasteiger partial charge in [-0.25, -0.2) is 0 Å². The largest absolute Gasteiger partial charge is 0.481 e. The Morgan fingerprint density at radius 3 is 2.67 bits per heavy atom. The first-order chi connectivity index (χ1) is 7.18. The van der Waals surface area contributed by atoms with Crippen molar-refractivity contribution in [2.45, 2.75) is 18.9 Å². The monoisotopic (exact) mass is 269 g/mol. The third-order valence-electron chi connectivity index (χ3n) is 2.81. The molecule has 0 spiro atoms. The van der Waals surface area contributed by atoms with Gasteiger partial charge >= 0.3 is 5.97 Å². The molecule has 2 atom stereocenters. The van der Waals surface area contributed by atoms with Gasteiger partial charge in [-0.1, -0.05) is 12.1 Å². The molecule has 1 aliphatic rings. The number of anilines is 1. The topological polar surface area (TPSA) is 49.3 Å². The van der Waals surface area contributed by atoms with E-state index >= 15 is 0 Å². The zero-order chi connectivity index (χ0) is 10.8. The van der Waals surface area contributed by atoms with E-state index in [0.717, 1.165) is 23.0 Å². The molecule has 0 aromatic heterocycles. The zero-order valence-corrected chi connectivity index (χ0v) is 9.70. The van der Waals surface area contributed by atoms with E-state index in [1.54, 1.807) is 0 Å². The fourth-order valence-electron chi connectivity index (χ4n) is 1.75. The predicted octanol–water partition coefficient (Wildman–Crippen LogP) is 2.72. The van der Waals surface area contributed by atoms with Gasteiger partial charge in [0.25, 0.3) is 0 Å². The molecule has 1 aliphatic carbocycles. The van der Waals surface area contributed by atoms with Crippen molar-refractivity contribution in [2.24, 2.45) is 5.92 Å². The van der Waals surface area contributed by atoms with E-state index in [1.165, 1.54) is 0 Å². The lowest BCUT2D eigenvalue weighted by atomic mass is 9.79. The van der Waals surface area contributed by atoms with Gasteiger partial charge in [0, 0.05) is 16.2 Å². The van der Waals surface area contributed by atoms with E-state index in [-0.39, 0.29) is 12.0 Å². The molecule has 0 heterocycles. The van der Waals surface area contributed by atoms with E-state index < -0.39 is 5.97 Å². The molecule has 1 saturated carbocycles. The van der Waals surface area contributed by atoms with Gasteiger partial charge in [-0.3, -0.25) is 4.79 Å². The van der Waals surface area contributed by atoms with Crippen LogP contribution in [0.2, 0.25) is 0 Å². The van der Waals surface area contributed by atoms with E-state index in [9.17, 15) is 4.79 Å². The van der Waals surface area contributed by atoms with Crippen LogP contribution in [0.4, 0.5) is 5.69 Å². The van der Waals surface area contributed by atoms with Crippen LogP contribution < -0.4 is 5.32 Å². The fourth-order valence-corrected chi connectivity index (χ4v) is 2.15. The van der Waals surface area contributed by atoms with Crippen LogP contribution in [0, 0.1) is 5.92 Å². The van der Waals surface area contributed by atoms with Crippen LogP contribution in [0.1, 0.15) is 12.8 Å². The van der Waals surface area contributed by atoms with Crippen molar-refractivity contribution in [2.75, 3.05) is 5.32 Å². The molecule has 1 fully saturated rings. The second-order valence-corrected chi connectivity index (χ2v) is 4.61. The number of aliphatic carboxylic acids is 1. The first-order valence-corrected chi connectivity index (χ1v) is 5.71. The summed E-state index contributed by atoms with van der Waals surface area (Å²) in [5, 5.41) is 12.1. The highest BCUT2D eigenvalue weighted by Gasteiger charge is 2.36. The lowest BCUT2D eigenvalue weighted by Crippen LogP contribution is -2.43. The maximum atomic E-state index is 10.8. The summed E-state index contributed by atoms with van der Waals surface area (Å²) in [6.45, 7) is 0. The highest BCUT2D eigenvalue weighted by Crippen LogP contribution is 2.32. The number of rotatable bonds is 3. The Kier molecular flexibility index (Phi) is 2.95. The Labute approximate surface area is 96.6 Å². The van der Waals surface area contributed by atoms with Crippen LogP contribution in [0.25, 0.3) is 0 Å². The number of halogens is 1. The van der Waals surface area contributed by atoms with Crippen LogP contribution >= 0.6 is 15.9 Å². The highest BCUT2D eigenvalue weighted by molar-refractivity contribution is 9.10. The van der Waals surface area contributed by atoms with Gasteiger partial charge in [0.15, 0.2) is 0 Å². The van der Waals surface area contributed by atoms with E-state index in [2.05, 4.69) is 21.2 Å². The number of benzene rings is 1. The van der Waals surface area contributed by atoms with Crippen molar-refractivity contribution in [1.82, 2.24) is 0 Å². The van der Waals surface area contributed by atoms with Crippen molar-refractivity contribution < 1.29 is 9.90 Å². The maximum Gasteiger partial charge on any atom is 0.308 e. The van der Waals surface area contributed by atoms with Crippen LogP contribution in [0.5, 0.6) is 0 Å². The van der Waals surface area contributed by atoms with Crippen LogP contribution in [-0.2, 0) is 4.79 Å². The number of carboxylic acids is 1. The molecule has 1 aromatic carbocycles. The smallest absolute Gasteiger partial charge is 0.308 e. The summed E-state index contributed by atoms with van der Waals surface area (Å²) in [4.78, 5) is 10.8. The lowest BCUT2D eigenvalue weighted by Gasteiger charge is -2.34. The summed E-state index contributed by atoms with van der Waals surface area (Å²) in [7, 11) is 0. The summed E-state index contributed by atoms with van der Waals surface area (Å²) in [5.41, 5.74) is 0.966. The summed E-state index contributed by atoms with van der Waals surface area (Å²) < 4.78 is 0.973. The molecule has 3 nitrogen and oxygen atoms in total. The molecule has 15 heavy (non-hydrogen) atoms. The quantitative estimate of drug-likeness (QED) is 0.887. The van der Waals surface area contributed by atoms with Gasteiger partial charge in [-0.05, 0) is 40.9 Å². The molecule has 0 radical (unpaired) electrons. The van der Waals surface area contributed by atoms with Crippen molar-refractivity contribution in [3.8, 4) is 0 Å². The Morgan fingerprint density at radius 2 is 2.13 bits per heavy atom. The molecule has 0 bridgehead atoms. The molecule has 4 heteroatoms. The molecular formula is C11H12BrNO2. The van der Waals surface area contributed by atoms with Crippen molar-refractivity contribution in [1.29, 1.82) is 0 Å². The minimum Gasteiger partial charge on any atom is -0.481 e. The van der Waals surface area contributed by atoms with Crippen LogP contribution in [0.3, 0.4) is 0 Å². The molecule has 0 saturated heterocycles. The normalized spacial score (nSPS) is 24.3. The minimum atomic E-state index is -0.703. The number of hydrogen-bond donors (Lipinski definition) is 2. The van der Waals surface area contributed by atoms with E-state index in [1.807, 2.05) is 24.3 Å². The molecule has 2 N–H and O–H groups in total. The van der Waals surface area contributed by atoms with Gasteiger partial charge in [0.1, 0.15) is 0 Å². The third kappa shape index (κ3) is 2.15. The van der Waals surface area contributed by atoms with Gasteiger partial charge < -0.3 is 10.4 Å². The van der Waals surface area contributed by atoms with Crippen LogP contribution in [-0.4, -0.2) is 17.1 Å². The summed E-state index contributed by atoms with van der Waals surface area (Å²) in [6.07, 6.45) is 1.70. The van der Waals surface area contributed by atoms with Gasteiger partial charge in [0.05, 0.1) is 5.92 Å². The number of para-hydroxylation sites is 1. The molecule has 2 rings (SSSR count). The van der Waals surface area contributed by atoms with Gasteiger partial charge in [0.2, 0.25) is 0 Å². The Balaban J connectivity index is 2.04.